The third-order valence-corrected chi connectivity index (χ3v) is 3.49. The van der Waals surface area contributed by atoms with Gasteiger partial charge in [0.1, 0.15) is 0 Å². The third kappa shape index (κ3) is 5.39. The molecule has 1 unspecified atom stereocenters. The van der Waals surface area contributed by atoms with Gasteiger partial charge in [-0.2, -0.15) is 0 Å². The van der Waals surface area contributed by atoms with Gasteiger partial charge in [-0.05, 0) is 5.92 Å². The van der Waals surface area contributed by atoms with Crippen molar-refractivity contribution in [1.82, 2.24) is 10.2 Å². The molecule has 1 fully saturated rings. The molecule has 1 heterocycles. The molecule has 0 bridgehead atoms. The van der Waals surface area contributed by atoms with E-state index in [1.807, 2.05) is 6.92 Å². The Hall–Kier alpha value is -1.24. The summed E-state index contributed by atoms with van der Waals surface area (Å²) in [6.07, 6.45) is 0.586. The monoisotopic (exact) mass is 274 g/mol. The lowest BCUT2D eigenvalue weighted by Crippen LogP contribution is -2.36. The van der Waals surface area contributed by atoms with Crippen LogP contribution in [0.1, 0.15) is 13.3 Å². The van der Waals surface area contributed by atoms with Gasteiger partial charge in [0.2, 0.25) is 11.8 Å². The molecule has 1 rings (SSSR count). The van der Waals surface area contributed by atoms with Gasteiger partial charge in [-0.3, -0.25) is 14.4 Å². The van der Waals surface area contributed by atoms with E-state index < -0.39 is 5.97 Å². The SMILES string of the molecule is CC1CC(=O)N(CCNC(=O)CSCC(=O)O)C1. The molecule has 0 spiro atoms. The van der Waals surface area contributed by atoms with Gasteiger partial charge in [0.05, 0.1) is 11.5 Å². The van der Waals surface area contributed by atoms with Crippen LogP contribution < -0.4 is 5.32 Å². The number of nitrogens with one attached hydrogen (secondary N) is 1. The Morgan fingerprint density at radius 2 is 2.22 bits per heavy atom. The number of amides is 2. The molecule has 0 aliphatic carbocycles. The molecule has 0 aromatic carbocycles. The zero-order valence-electron chi connectivity index (χ0n) is 10.3. The van der Waals surface area contributed by atoms with Gasteiger partial charge in [0.25, 0.3) is 0 Å². The Labute approximate surface area is 110 Å². The fourth-order valence-corrected chi connectivity index (χ4v) is 2.36. The number of carboxylic acid groups (broad SMARTS) is 1. The first-order valence-electron chi connectivity index (χ1n) is 5.83. The molecule has 0 aromatic heterocycles. The van der Waals surface area contributed by atoms with E-state index >= 15 is 0 Å². The Kier molecular flexibility index (Phi) is 5.97. The molecule has 18 heavy (non-hydrogen) atoms. The van der Waals surface area contributed by atoms with Crippen LogP contribution in [0.5, 0.6) is 0 Å². The molecular formula is C11H18N2O4S. The highest BCUT2D eigenvalue weighted by molar-refractivity contribution is 8.00. The van der Waals surface area contributed by atoms with E-state index in [0.717, 1.165) is 18.3 Å². The molecule has 1 aliphatic rings. The Morgan fingerprint density at radius 1 is 1.50 bits per heavy atom. The number of carboxylic acids is 1. The predicted molar refractivity (Wildman–Crippen MR) is 68.3 cm³/mol. The molecule has 2 N–H and O–H groups in total. The molecule has 1 aliphatic heterocycles. The molecule has 0 saturated carbocycles. The second kappa shape index (κ2) is 7.25. The molecule has 6 nitrogen and oxygen atoms in total. The number of likely N-dealkylation sites (tertiary alicyclic amines) is 1. The topological polar surface area (TPSA) is 86.7 Å². The van der Waals surface area contributed by atoms with Crippen LogP contribution in [0.15, 0.2) is 0 Å². The maximum absolute atomic E-state index is 11.5. The predicted octanol–water partition coefficient (Wildman–Crippen LogP) is -0.211. The van der Waals surface area contributed by atoms with Crippen molar-refractivity contribution in [3.63, 3.8) is 0 Å². The van der Waals surface area contributed by atoms with Crippen molar-refractivity contribution in [2.75, 3.05) is 31.1 Å². The lowest BCUT2D eigenvalue weighted by atomic mass is 10.2. The van der Waals surface area contributed by atoms with Gasteiger partial charge in [-0.15, -0.1) is 11.8 Å². The molecule has 0 aromatic rings. The minimum Gasteiger partial charge on any atom is -0.481 e. The van der Waals surface area contributed by atoms with Gasteiger partial charge in [0, 0.05) is 26.1 Å². The number of rotatable bonds is 7. The van der Waals surface area contributed by atoms with Gasteiger partial charge >= 0.3 is 5.97 Å². The number of hydrogen-bond donors (Lipinski definition) is 2. The number of carbonyl (C=O) groups excluding carboxylic acids is 2. The molecule has 2 amide bonds. The Morgan fingerprint density at radius 3 is 2.78 bits per heavy atom. The van der Waals surface area contributed by atoms with Gasteiger partial charge < -0.3 is 15.3 Å². The van der Waals surface area contributed by atoms with E-state index in [4.69, 9.17) is 5.11 Å². The number of aliphatic carboxylic acids is 1. The van der Waals surface area contributed by atoms with Crippen LogP contribution in [-0.2, 0) is 14.4 Å². The first kappa shape index (κ1) is 14.8. The van der Waals surface area contributed by atoms with Gasteiger partial charge in [-0.25, -0.2) is 0 Å². The van der Waals surface area contributed by atoms with Crippen LogP contribution in [0.2, 0.25) is 0 Å². The van der Waals surface area contributed by atoms with Crippen LogP contribution in [0.25, 0.3) is 0 Å². The van der Waals surface area contributed by atoms with E-state index in [0.29, 0.717) is 25.4 Å². The van der Waals surface area contributed by atoms with Gasteiger partial charge in [0.15, 0.2) is 0 Å². The lowest BCUT2D eigenvalue weighted by molar-refractivity contribution is -0.134. The van der Waals surface area contributed by atoms with Crippen LogP contribution in [0.4, 0.5) is 0 Å². The second-order valence-corrected chi connectivity index (χ2v) is 5.37. The summed E-state index contributed by atoms with van der Waals surface area (Å²) in [5.74, 6) is -0.534. The van der Waals surface area contributed by atoms with Crippen molar-refractivity contribution in [3.8, 4) is 0 Å². The third-order valence-electron chi connectivity index (χ3n) is 2.57. The smallest absolute Gasteiger partial charge is 0.313 e. The zero-order chi connectivity index (χ0) is 13.5. The first-order valence-corrected chi connectivity index (χ1v) is 6.98. The summed E-state index contributed by atoms with van der Waals surface area (Å²) < 4.78 is 0. The largest absolute Gasteiger partial charge is 0.481 e. The highest BCUT2D eigenvalue weighted by atomic mass is 32.2. The first-order chi connectivity index (χ1) is 8.49. The molecule has 0 radical (unpaired) electrons. The molecule has 7 heteroatoms. The number of nitrogens with zero attached hydrogens (tertiary/aromatic N) is 1. The summed E-state index contributed by atoms with van der Waals surface area (Å²) >= 11 is 1.06. The summed E-state index contributed by atoms with van der Waals surface area (Å²) in [5, 5.41) is 11.1. The molecular weight excluding hydrogens is 256 g/mol. The average molecular weight is 274 g/mol. The summed E-state index contributed by atoms with van der Waals surface area (Å²) in [7, 11) is 0. The quantitative estimate of drug-likeness (QED) is 0.671. The van der Waals surface area contributed by atoms with Gasteiger partial charge in [-0.1, -0.05) is 6.92 Å². The highest BCUT2D eigenvalue weighted by Crippen LogP contribution is 2.15. The maximum atomic E-state index is 11.5. The van der Waals surface area contributed by atoms with Crippen LogP contribution in [0, 0.1) is 5.92 Å². The summed E-state index contributed by atoms with van der Waals surface area (Å²) in [6.45, 7) is 3.73. The fourth-order valence-electron chi connectivity index (χ4n) is 1.80. The van der Waals surface area contributed by atoms with Crippen molar-refractivity contribution >= 4 is 29.5 Å². The number of hydrogen-bond acceptors (Lipinski definition) is 4. The normalized spacial score (nSPS) is 19.1. The average Bonchev–Trinajstić information content (AvgIpc) is 2.57. The van der Waals surface area contributed by atoms with Crippen molar-refractivity contribution in [2.24, 2.45) is 5.92 Å². The lowest BCUT2D eigenvalue weighted by Gasteiger charge is -2.16. The van der Waals surface area contributed by atoms with Crippen molar-refractivity contribution < 1.29 is 19.5 Å². The van der Waals surface area contributed by atoms with E-state index in [1.165, 1.54) is 0 Å². The van der Waals surface area contributed by atoms with Crippen LogP contribution in [-0.4, -0.2) is 58.9 Å². The minimum atomic E-state index is -0.926. The van der Waals surface area contributed by atoms with Crippen LogP contribution >= 0.6 is 11.8 Å². The molecule has 102 valence electrons. The number of carbonyl (C=O) groups is 3. The molecule has 1 atom stereocenters. The fraction of sp³-hybridized carbons (Fsp3) is 0.727. The van der Waals surface area contributed by atoms with E-state index in [2.05, 4.69) is 5.32 Å². The standard InChI is InChI=1S/C11H18N2O4S/c1-8-4-10(15)13(5-8)3-2-12-9(14)6-18-7-11(16)17/h8H,2-7H2,1H3,(H,12,14)(H,16,17). The second-order valence-electron chi connectivity index (χ2n) is 4.39. The number of thioether (sulfide) groups is 1. The summed E-state index contributed by atoms with van der Waals surface area (Å²) in [5.41, 5.74) is 0. The van der Waals surface area contributed by atoms with E-state index in [9.17, 15) is 14.4 Å². The maximum Gasteiger partial charge on any atom is 0.313 e. The summed E-state index contributed by atoms with van der Waals surface area (Å²) in [6, 6.07) is 0. The van der Waals surface area contributed by atoms with Crippen molar-refractivity contribution in [2.45, 2.75) is 13.3 Å². The van der Waals surface area contributed by atoms with Crippen molar-refractivity contribution in [3.05, 3.63) is 0 Å². The minimum absolute atomic E-state index is 0.0739. The highest BCUT2D eigenvalue weighted by Gasteiger charge is 2.25. The van der Waals surface area contributed by atoms with Crippen LogP contribution in [0.3, 0.4) is 0 Å². The molecule has 1 saturated heterocycles. The van der Waals surface area contributed by atoms with Crippen molar-refractivity contribution in [1.29, 1.82) is 0 Å². The zero-order valence-corrected chi connectivity index (χ0v) is 11.2. The van der Waals surface area contributed by atoms with E-state index in [1.54, 1.807) is 4.90 Å². The Balaban J connectivity index is 2.08. The van der Waals surface area contributed by atoms with E-state index in [-0.39, 0.29) is 23.3 Å². The summed E-state index contributed by atoms with van der Waals surface area (Å²) in [4.78, 5) is 34.8. The Bertz CT molecular complexity index is 335.